The fourth-order valence-electron chi connectivity index (χ4n) is 1.81. The zero-order valence-corrected chi connectivity index (χ0v) is 11.7. The van der Waals surface area contributed by atoms with E-state index in [-0.39, 0.29) is 30.0 Å². The van der Waals surface area contributed by atoms with E-state index in [1.807, 2.05) is 6.92 Å². The summed E-state index contributed by atoms with van der Waals surface area (Å²) in [6.07, 6.45) is 1.76. The second-order valence-electron chi connectivity index (χ2n) is 4.68. The Balaban J connectivity index is 2.70. The van der Waals surface area contributed by atoms with E-state index in [1.54, 1.807) is 0 Å². The highest BCUT2D eigenvalue weighted by Gasteiger charge is 2.12. The number of carbonyl (C=O) groups excluding carboxylic acids is 2. The SMILES string of the molecule is CCCC(N)CC(=O)Nc1cc(NC(C)=O)ccc1F. The first-order valence-corrected chi connectivity index (χ1v) is 6.55. The molecule has 1 unspecified atom stereocenters. The Kier molecular flexibility index (Phi) is 6.11. The zero-order chi connectivity index (χ0) is 15.1. The monoisotopic (exact) mass is 281 g/mol. The molecule has 6 heteroatoms. The highest BCUT2D eigenvalue weighted by molar-refractivity contribution is 5.93. The van der Waals surface area contributed by atoms with Crippen molar-refractivity contribution in [3.8, 4) is 0 Å². The van der Waals surface area contributed by atoms with Gasteiger partial charge in [0.2, 0.25) is 11.8 Å². The van der Waals surface area contributed by atoms with Gasteiger partial charge in [-0.3, -0.25) is 9.59 Å². The molecule has 0 aliphatic heterocycles. The van der Waals surface area contributed by atoms with E-state index >= 15 is 0 Å². The molecule has 5 nitrogen and oxygen atoms in total. The molecule has 0 heterocycles. The van der Waals surface area contributed by atoms with Crippen LogP contribution in [0.5, 0.6) is 0 Å². The van der Waals surface area contributed by atoms with Crippen LogP contribution in [0.3, 0.4) is 0 Å². The van der Waals surface area contributed by atoms with Gasteiger partial charge < -0.3 is 16.4 Å². The van der Waals surface area contributed by atoms with Crippen LogP contribution in [0.4, 0.5) is 15.8 Å². The maximum atomic E-state index is 13.6. The predicted molar refractivity (Wildman–Crippen MR) is 76.8 cm³/mol. The molecule has 0 radical (unpaired) electrons. The van der Waals surface area contributed by atoms with E-state index in [0.717, 1.165) is 12.8 Å². The van der Waals surface area contributed by atoms with Gasteiger partial charge in [-0.1, -0.05) is 13.3 Å². The number of hydrogen-bond donors (Lipinski definition) is 3. The van der Waals surface area contributed by atoms with E-state index in [4.69, 9.17) is 5.73 Å². The van der Waals surface area contributed by atoms with Gasteiger partial charge in [0, 0.05) is 25.1 Å². The molecule has 0 saturated heterocycles. The minimum Gasteiger partial charge on any atom is -0.327 e. The van der Waals surface area contributed by atoms with Crippen LogP contribution >= 0.6 is 0 Å². The van der Waals surface area contributed by atoms with Crippen molar-refractivity contribution < 1.29 is 14.0 Å². The number of nitrogens with two attached hydrogens (primary N) is 1. The van der Waals surface area contributed by atoms with E-state index in [2.05, 4.69) is 10.6 Å². The lowest BCUT2D eigenvalue weighted by Gasteiger charge is -2.12. The lowest BCUT2D eigenvalue weighted by Crippen LogP contribution is -2.27. The summed E-state index contributed by atoms with van der Waals surface area (Å²) in [7, 11) is 0. The maximum absolute atomic E-state index is 13.6. The average Bonchev–Trinajstić information content (AvgIpc) is 2.32. The molecule has 0 spiro atoms. The fraction of sp³-hybridized carbons (Fsp3) is 0.429. The molecule has 4 N–H and O–H groups in total. The van der Waals surface area contributed by atoms with Crippen LogP contribution < -0.4 is 16.4 Å². The Morgan fingerprint density at radius 2 is 2.05 bits per heavy atom. The van der Waals surface area contributed by atoms with Gasteiger partial charge in [-0.05, 0) is 24.6 Å². The topological polar surface area (TPSA) is 84.2 Å². The van der Waals surface area contributed by atoms with E-state index in [1.165, 1.54) is 25.1 Å². The Bertz CT molecular complexity index is 491. The molecular weight excluding hydrogens is 261 g/mol. The molecule has 1 rings (SSSR count). The van der Waals surface area contributed by atoms with E-state index < -0.39 is 5.82 Å². The van der Waals surface area contributed by atoms with Crippen LogP contribution in [0.25, 0.3) is 0 Å². The number of halogens is 1. The maximum Gasteiger partial charge on any atom is 0.226 e. The summed E-state index contributed by atoms with van der Waals surface area (Å²) in [5.74, 6) is -1.17. The Labute approximate surface area is 117 Å². The lowest BCUT2D eigenvalue weighted by atomic mass is 10.1. The number of hydrogen-bond acceptors (Lipinski definition) is 3. The second kappa shape index (κ2) is 7.59. The summed E-state index contributed by atoms with van der Waals surface area (Å²) in [6, 6.07) is 3.75. The van der Waals surface area contributed by atoms with Crippen LogP contribution in [0.2, 0.25) is 0 Å². The van der Waals surface area contributed by atoms with Crippen LogP contribution in [0.1, 0.15) is 33.1 Å². The average molecular weight is 281 g/mol. The smallest absolute Gasteiger partial charge is 0.226 e. The van der Waals surface area contributed by atoms with Crippen LogP contribution in [-0.2, 0) is 9.59 Å². The fourth-order valence-corrected chi connectivity index (χ4v) is 1.81. The molecule has 110 valence electrons. The van der Waals surface area contributed by atoms with Gasteiger partial charge in [0.1, 0.15) is 5.82 Å². The molecule has 0 aromatic heterocycles. The van der Waals surface area contributed by atoms with Crippen LogP contribution in [0, 0.1) is 5.82 Å². The van der Waals surface area contributed by atoms with Gasteiger partial charge in [0.25, 0.3) is 0 Å². The molecule has 1 aromatic rings. The van der Waals surface area contributed by atoms with Gasteiger partial charge >= 0.3 is 0 Å². The van der Waals surface area contributed by atoms with Crippen molar-refractivity contribution in [3.05, 3.63) is 24.0 Å². The summed E-state index contributed by atoms with van der Waals surface area (Å²) in [5, 5.41) is 4.99. The Morgan fingerprint density at radius 3 is 2.65 bits per heavy atom. The normalized spacial score (nSPS) is 11.8. The molecule has 2 amide bonds. The van der Waals surface area contributed by atoms with E-state index in [0.29, 0.717) is 5.69 Å². The largest absolute Gasteiger partial charge is 0.327 e. The van der Waals surface area contributed by atoms with Crippen molar-refractivity contribution in [3.63, 3.8) is 0 Å². The van der Waals surface area contributed by atoms with Crippen molar-refractivity contribution >= 4 is 23.2 Å². The molecule has 1 atom stereocenters. The number of anilines is 2. The molecular formula is C14H20FN3O2. The van der Waals surface area contributed by atoms with Gasteiger partial charge in [-0.25, -0.2) is 4.39 Å². The number of nitrogens with one attached hydrogen (secondary N) is 2. The lowest BCUT2D eigenvalue weighted by molar-refractivity contribution is -0.116. The molecule has 20 heavy (non-hydrogen) atoms. The summed E-state index contributed by atoms with van der Waals surface area (Å²) in [5.41, 5.74) is 6.22. The number of carbonyl (C=O) groups is 2. The van der Waals surface area contributed by atoms with Crippen molar-refractivity contribution in [2.24, 2.45) is 5.73 Å². The molecule has 0 aliphatic carbocycles. The molecule has 0 aliphatic rings. The summed E-state index contributed by atoms with van der Waals surface area (Å²) in [4.78, 5) is 22.7. The second-order valence-corrected chi connectivity index (χ2v) is 4.68. The molecule has 0 saturated carbocycles. The van der Waals surface area contributed by atoms with Gasteiger partial charge in [0.05, 0.1) is 5.69 Å². The quantitative estimate of drug-likeness (QED) is 0.747. The highest BCUT2D eigenvalue weighted by atomic mass is 19.1. The van der Waals surface area contributed by atoms with Crippen molar-refractivity contribution in [2.75, 3.05) is 10.6 Å². The summed E-state index contributed by atoms with van der Waals surface area (Å²) in [6.45, 7) is 3.33. The molecule has 0 fully saturated rings. The number of benzene rings is 1. The first kappa shape index (κ1) is 16.1. The first-order chi connectivity index (χ1) is 9.42. The third-order valence-corrected chi connectivity index (χ3v) is 2.67. The Morgan fingerprint density at radius 1 is 1.35 bits per heavy atom. The van der Waals surface area contributed by atoms with Gasteiger partial charge in [0.15, 0.2) is 0 Å². The van der Waals surface area contributed by atoms with E-state index in [9.17, 15) is 14.0 Å². The predicted octanol–water partition coefficient (Wildman–Crippen LogP) is 2.24. The van der Waals surface area contributed by atoms with Crippen LogP contribution in [0.15, 0.2) is 18.2 Å². The van der Waals surface area contributed by atoms with Crippen LogP contribution in [-0.4, -0.2) is 17.9 Å². The zero-order valence-electron chi connectivity index (χ0n) is 11.7. The third kappa shape index (κ3) is 5.36. The van der Waals surface area contributed by atoms with Crippen molar-refractivity contribution in [2.45, 2.75) is 39.2 Å². The Hall–Kier alpha value is -1.95. The number of rotatable bonds is 6. The summed E-state index contributed by atoms with van der Waals surface area (Å²) < 4.78 is 13.6. The van der Waals surface area contributed by atoms with Crippen molar-refractivity contribution in [1.82, 2.24) is 0 Å². The first-order valence-electron chi connectivity index (χ1n) is 6.55. The standard InChI is InChI=1S/C14H20FN3O2/c1-3-4-10(16)7-14(20)18-13-8-11(17-9(2)19)5-6-12(13)15/h5-6,8,10H,3-4,7,16H2,1-2H3,(H,17,19)(H,18,20). The van der Waals surface area contributed by atoms with Crippen molar-refractivity contribution in [1.29, 1.82) is 0 Å². The molecule has 1 aromatic carbocycles. The minimum absolute atomic E-state index is 0.0324. The molecule has 0 bridgehead atoms. The number of amides is 2. The van der Waals surface area contributed by atoms with Gasteiger partial charge in [-0.2, -0.15) is 0 Å². The minimum atomic E-state index is -0.559. The third-order valence-electron chi connectivity index (χ3n) is 2.67. The highest BCUT2D eigenvalue weighted by Crippen LogP contribution is 2.20. The summed E-state index contributed by atoms with van der Waals surface area (Å²) >= 11 is 0. The van der Waals surface area contributed by atoms with Gasteiger partial charge in [-0.15, -0.1) is 0 Å².